The van der Waals surface area contributed by atoms with Crippen LogP contribution in [0, 0.1) is 0 Å². The summed E-state index contributed by atoms with van der Waals surface area (Å²) in [6.45, 7) is 5.22. The van der Waals surface area contributed by atoms with Gasteiger partial charge in [-0.2, -0.15) is 0 Å². The third kappa shape index (κ3) is 5.25. The van der Waals surface area contributed by atoms with Crippen LogP contribution in [0.25, 0.3) is 0 Å². The molecule has 0 aliphatic rings. The highest BCUT2D eigenvalue weighted by Crippen LogP contribution is 2.08. The molecule has 0 aromatic carbocycles. The molecule has 0 saturated carbocycles. The average Bonchev–Trinajstić information content (AvgIpc) is 2.70. The lowest BCUT2D eigenvalue weighted by atomic mass is 10.1. The number of hydrogen-bond donors (Lipinski definition) is 1. The van der Waals surface area contributed by atoms with Gasteiger partial charge in [0.25, 0.3) is 0 Å². The number of aryl methyl sites for hydroxylation is 1. The van der Waals surface area contributed by atoms with Crippen molar-refractivity contribution in [2.45, 2.75) is 38.8 Å². The second-order valence-electron chi connectivity index (χ2n) is 5.31. The van der Waals surface area contributed by atoms with Crippen LogP contribution >= 0.6 is 0 Å². The van der Waals surface area contributed by atoms with E-state index in [0.717, 1.165) is 0 Å². The van der Waals surface area contributed by atoms with Gasteiger partial charge in [-0.25, -0.2) is 9.59 Å². The van der Waals surface area contributed by atoms with Crippen molar-refractivity contribution in [1.82, 2.24) is 20.3 Å². The number of amides is 1. The minimum absolute atomic E-state index is 0.180. The number of nitrogens with one attached hydrogen (secondary N) is 1. The molecule has 1 amide bonds. The molecule has 0 aliphatic heterocycles. The summed E-state index contributed by atoms with van der Waals surface area (Å²) in [6, 6.07) is -0.869. The Labute approximate surface area is 117 Å². The molecule has 1 aromatic rings. The maximum Gasteiger partial charge on any atom is 0.408 e. The third-order valence-electron chi connectivity index (χ3n) is 2.24. The molecular weight excluding hydrogens is 264 g/mol. The van der Waals surface area contributed by atoms with E-state index in [9.17, 15) is 9.59 Å². The van der Waals surface area contributed by atoms with Crippen molar-refractivity contribution in [1.29, 1.82) is 0 Å². The van der Waals surface area contributed by atoms with Crippen LogP contribution < -0.4 is 5.32 Å². The molecule has 1 rings (SSSR count). The lowest BCUT2D eigenvalue weighted by Gasteiger charge is -2.22. The second kappa shape index (κ2) is 6.36. The first-order chi connectivity index (χ1) is 9.21. The highest BCUT2D eigenvalue weighted by atomic mass is 16.6. The molecule has 8 nitrogen and oxygen atoms in total. The monoisotopic (exact) mass is 284 g/mol. The van der Waals surface area contributed by atoms with E-state index in [2.05, 4.69) is 20.4 Å². The van der Waals surface area contributed by atoms with Gasteiger partial charge in [-0.15, -0.1) is 5.10 Å². The summed E-state index contributed by atoms with van der Waals surface area (Å²) in [6.07, 6.45) is 1.16. The van der Waals surface area contributed by atoms with Gasteiger partial charge in [-0.3, -0.25) is 4.68 Å². The van der Waals surface area contributed by atoms with Crippen LogP contribution in [0.3, 0.4) is 0 Å². The first-order valence-electron chi connectivity index (χ1n) is 6.14. The van der Waals surface area contributed by atoms with Gasteiger partial charge in [0, 0.05) is 19.7 Å². The van der Waals surface area contributed by atoms with E-state index in [0.29, 0.717) is 5.69 Å². The van der Waals surface area contributed by atoms with Crippen molar-refractivity contribution in [3.05, 3.63) is 11.9 Å². The highest BCUT2D eigenvalue weighted by Gasteiger charge is 2.26. The normalized spacial score (nSPS) is 12.7. The van der Waals surface area contributed by atoms with Crippen LogP contribution in [-0.4, -0.2) is 45.8 Å². The van der Waals surface area contributed by atoms with Crippen LogP contribution in [-0.2, 0) is 27.7 Å². The molecular formula is C12H20N4O4. The third-order valence-corrected chi connectivity index (χ3v) is 2.24. The highest BCUT2D eigenvalue weighted by molar-refractivity contribution is 5.81. The van der Waals surface area contributed by atoms with Crippen molar-refractivity contribution in [2.75, 3.05) is 7.11 Å². The molecule has 1 heterocycles. The Bertz CT molecular complexity index is 478. The molecule has 0 fully saturated rings. The molecule has 1 aromatic heterocycles. The van der Waals surface area contributed by atoms with Gasteiger partial charge in [-0.1, -0.05) is 5.21 Å². The summed E-state index contributed by atoms with van der Waals surface area (Å²) in [5.41, 5.74) is -0.0731. The molecule has 1 atom stereocenters. The first kappa shape index (κ1) is 15.9. The van der Waals surface area contributed by atoms with Gasteiger partial charge >= 0.3 is 12.1 Å². The number of methoxy groups -OCH3 is 1. The van der Waals surface area contributed by atoms with Gasteiger partial charge in [0.15, 0.2) is 0 Å². The number of alkyl carbamates (subject to hydrolysis) is 1. The number of hydrogen-bond acceptors (Lipinski definition) is 6. The summed E-state index contributed by atoms with van der Waals surface area (Å²) in [4.78, 5) is 23.4. The van der Waals surface area contributed by atoms with E-state index in [-0.39, 0.29) is 6.42 Å². The van der Waals surface area contributed by atoms with E-state index in [4.69, 9.17) is 4.74 Å². The number of esters is 1. The zero-order valence-electron chi connectivity index (χ0n) is 12.3. The maximum absolute atomic E-state index is 11.7. The van der Waals surface area contributed by atoms with Crippen LogP contribution in [0.5, 0.6) is 0 Å². The summed E-state index contributed by atoms with van der Waals surface area (Å²) in [5.74, 6) is -0.568. The van der Waals surface area contributed by atoms with Crippen LogP contribution in [0.15, 0.2) is 6.20 Å². The Morgan fingerprint density at radius 1 is 1.45 bits per heavy atom. The van der Waals surface area contributed by atoms with Gasteiger partial charge in [-0.05, 0) is 20.8 Å². The fourth-order valence-electron chi connectivity index (χ4n) is 1.48. The van der Waals surface area contributed by atoms with E-state index in [1.54, 1.807) is 34.0 Å². The first-order valence-corrected chi connectivity index (χ1v) is 6.14. The predicted octanol–water partition coefficient (Wildman–Crippen LogP) is 0.424. The van der Waals surface area contributed by atoms with Crippen LogP contribution in [0.1, 0.15) is 26.5 Å². The van der Waals surface area contributed by atoms with Crippen molar-refractivity contribution >= 4 is 12.1 Å². The van der Waals surface area contributed by atoms with Gasteiger partial charge in [0.1, 0.15) is 11.6 Å². The smallest absolute Gasteiger partial charge is 0.408 e. The van der Waals surface area contributed by atoms with Crippen molar-refractivity contribution < 1.29 is 19.1 Å². The number of aromatic nitrogens is 3. The van der Waals surface area contributed by atoms with Gasteiger partial charge < -0.3 is 14.8 Å². The van der Waals surface area contributed by atoms with Crippen molar-refractivity contribution in [3.8, 4) is 0 Å². The van der Waals surface area contributed by atoms with Crippen molar-refractivity contribution in [2.24, 2.45) is 7.05 Å². The molecule has 0 aliphatic carbocycles. The molecule has 8 heteroatoms. The number of rotatable bonds is 4. The Morgan fingerprint density at radius 2 is 2.10 bits per heavy atom. The van der Waals surface area contributed by atoms with E-state index < -0.39 is 23.7 Å². The Morgan fingerprint density at radius 3 is 2.55 bits per heavy atom. The topological polar surface area (TPSA) is 95.3 Å². The molecule has 0 spiro atoms. The lowest BCUT2D eigenvalue weighted by molar-refractivity contribution is -0.143. The molecule has 0 saturated heterocycles. The van der Waals surface area contributed by atoms with Gasteiger partial charge in [0.05, 0.1) is 12.8 Å². The van der Waals surface area contributed by atoms with Crippen LogP contribution in [0.2, 0.25) is 0 Å². The van der Waals surface area contributed by atoms with E-state index >= 15 is 0 Å². The lowest BCUT2D eigenvalue weighted by Crippen LogP contribution is -2.45. The molecule has 1 N–H and O–H groups in total. The summed E-state index contributed by atoms with van der Waals surface area (Å²) in [7, 11) is 2.97. The number of carbonyl (C=O) groups is 2. The molecule has 112 valence electrons. The fraction of sp³-hybridized carbons (Fsp3) is 0.667. The molecule has 0 unspecified atom stereocenters. The standard InChI is InChI=1S/C12H20N4O4/c1-12(2,3)20-11(18)13-9(10(17)19-5)6-8-7-16(4)15-14-8/h7,9H,6H2,1-5H3,(H,13,18)/t9-/m0/s1. The minimum atomic E-state index is -0.869. The quantitative estimate of drug-likeness (QED) is 0.805. The van der Waals surface area contributed by atoms with Crippen molar-refractivity contribution in [3.63, 3.8) is 0 Å². The number of carbonyl (C=O) groups excluding carboxylic acids is 2. The van der Waals surface area contributed by atoms with E-state index in [1.165, 1.54) is 11.8 Å². The number of nitrogens with zero attached hydrogens (tertiary/aromatic N) is 3. The zero-order chi connectivity index (χ0) is 15.3. The van der Waals surface area contributed by atoms with Crippen LogP contribution in [0.4, 0.5) is 4.79 Å². The number of ether oxygens (including phenoxy) is 2. The maximum atomic E-state index is 11.7. The second-order valence-corrected chi connectivity index (χ2v) is 5.31. The molecule has 0 bridgehead atoms. The zero-order valence-corrected chi connectivity index (χ0v) is 12.3. The Hall–Kier alpha value is -2.12. The largest absolute Gasteiger partial charge is 0.467 e. The Kier molecular flexibility index (Phi) is 5.06. The minimum Gasteiger partial charge on any atom is -0.467 e. The summed E-state index contributed by atoms with van der Waals surface area (Å²) >= 11 is 0. The molecule has 20 heavy (non-hydrogen) atoms. The average molecular weight is 284 g/mol. The summed E-state index contributed by atoms with van der Waals surface area (Å²) < 4.78 is 11.3. The van der Waals surface area contributed by atoms with Gasteiger partial charge in [0.2, 0.25) is 0 Å². The predicted molar refractivity (Wildman–Crippen MR) is 69.9 cm³/mol. The summed E-state index contributed by atoms with van der Waals surface area (Å²) in [5, 5.41) is 10.1. The van der Waals surface area contributed by atoms with E-state index in [1.807, 2.05) is 0 Å². The SMILES string of the molecule is COC(=O)[C@H](Cc1cn(C)nn1)NC(=O)OC(C)(C)C. The molecule has 0 radical (unpaired) electrons. The Balaban J connectivity index is 2.70. The fourth-order valence-corrected chi connectivity index (χ4v) is 1.48.